The molecule has 3 aromatic carbocycles. The van der Waals surface area contributed by atoms with Crippen LogP contribution >= 0.6 is 0 Å². The Morgan fingerprint density at radius 3 is 2.53 bits per heavy atom. The summed E-state index contributed by atoms with van der Waals surface area (Å²) in [7, 11) is 0. The normalized spacial score (nSPS) is 15.2. The van der Waals surface area contributed by atoms with E-state index in [1.54, 1.807) is 18.2 Å². The van der Waals surface area contributed by atoms with Gasteiger partial charge in [-0.2, -0.15) is 0 Å². The molecule has 1 heterocycles. The monoisotopic (exact) mass is 463 g/mol. The Labute approximate surface area is 197 Å². The lowest BCUT2D eigenvalue weighted by Gasteiger charge is -2.17. The van der Waals surface area contributed by atoms with E-state index in [1.807, 2.05) is 37.3 Å². The molecule has 2 amide bonds. The van der Waals surface area contributed by atoms with Gasteiger partial charge in [0.1, 0.15) is 12.4 Å². The topological polar surface area (TPSA) is 79.9 Å². The fourth-order valence-corrected chi connectivity index (χ4v) is 3.70. The Bertz CT molecular complexity index is 1140. The third-order valence-corrected chi connectivity index (χ3v) is 5.44. The molecule has 0 aliphatic carbocycles. The van der Waals surface area contributed by atoms with Gasteiger partial charge >= 0.3 is 0 Å². The van der Waals surface area contributed by atoms with Gasteiger partial charge in [-0.15, -0.1) is 0 Å². The number of anilines is 2. The van der Waals surface area contributed by atoms with Crippen LogP contribution in [0.25, 0.3) is 0 Å². The fraction of sp³-hybridized carbons (Fsp3) is 0.231. The van der Waals surface area contributed by atoms with Crippen LogP contribution in [0, 0.1) is 11.7 Å². The standard InChI is InChI=1S/C26H26FN3O4/c1-2-33-24-15-21(10-13-23(24)34-17-18-6-4-3-5-7-18)28-29-26(32)19-14-25(31)30(16-19)22-11-8-20(27)9-12-22/h3-13,15,19,28H,2,14,16-17H2,1H3,(H,29,32)/t19-/m1/s1. The summed E-state index contributed by atoms with van der Waals surface area (Å²) in [4.78, 5) is 26.5. The first-order valence-corrected chi connectivity index (χ1v) is 11.1. The molecule has 1 aliphatic heterocycles. The minimum Gasteiger partial charge on any atom is -0.490 e. The van der Waals surface area contributed by atoms with Crippen molar-refractivity contribution in [2.45, 2.75) is 20.0 Å². The summed E-state index contributed by atoms with van der Waals surface area (Å²) in [5.74, 6) is -0.234. The van der Waals surface area contributed by atoms with Gasteiger partial charge in [0, 0.05) is 24.7 Å². The molecule has 1 saturated heterocycles. The summed E-state index contributed by atoms with van der Waals surface area (Å²) >= 11 is 0. The Balaban J connectivity index is 1.35. The van der Waals surface area contributed by atoms with Gasteiger partial charge in [-0.25, -0.2) is 4.39 Å². The number of nitrogens with one attached hydrogen (secondary N) is 2. The van der Waals surface area contributed by atoms with Gasteiger partial charge in [0.25, 0.3) is 0 Å². The maximum Gasteiger partial charge on any atom is 0.243 e. The van der Waals surface area contributed by atoms with Crippen molar-refractivity contribution in [1.82, 2.24) is 5.43 Å². The van der Waals surface area contributed by atoms with Crippen LogP contribution in [0.4, 0.5) is 15.8 Å². The van der Waals surface area contributed by atoms with E-state index in [4.69, 9.17) is 9.47 Å². The van der Waals surface area contributed by atoms with Gasteiger partial charge in [0.05, 0.1) is 18.2 Å². The quantitative estimate of drug-likeness (QED) is 0.463. The fourth-order valence-electron chi connectivity index (χ4n) is 3.70. The summed E-state index contributed by atoms with van der Waals surface area (Å²) < 4.78 is 24.8. The maximum atomic E-state index is 13.2. The van der Waals surface area contributed by atoms with Gasteiger partial charge in [0.2, 0.25) is 11.8 Å². The van der Waals surface area contributed by atoms with Gasteiger partial charge in [-0.1, -0.05) is 30.3 Å². The van der Waals surface area contributed by atoms with Crippen LogP contribution in [0.5, 0.6) is 11.5 Å². The first-order chi connectivity index (χ1) is 16.5. The molecule has 0 spiro atoms. The summed E-state index contributed by atoms with van der Waals surface area (Å²) in [5, 5.41) is 0. The Hall–Kier alpha value is -4.07. The summed E-state index contributed by atoms with van der Waals surface area (Å²) in [6.45, 7) is 2.98. The second kappa shape index (κ2) is 10.7. The summed E-state index contributed by atoms with van der Waals surface area (Å²) in [6, 6.07) is 20.8. The van der Waals surface area contributed by atoms with E-state index in [0.717, 1.165) is 5.56 Å². The molecule has 8 heteroatoms. The van der Waals surface area contributed by atoms with Crippen molar-refractivity contribution in [3.8, 4) is 11.5 Å². The number of benzene rings is 3. The number of hydrogen-bond acceptors (Lipinski definition) is 5. The van der Waals surface area contributed by atoms with Crippen molar-refractivity contribution >= 4 is 23.2 Å². The largest absolute Gasteiger partial charge is 0.490 e. The molecule has 3 aromatic rings. The van der Waals surface area contributed by atoms with E-state index < -0.39 is 5.92 Å². The minimum atomic E-state index is -0.523. The molecular weight excluding hydrogens is 437 g/mol. The number of halogens is 1. The van der Waals surface area contributed by atoms with E-state index in [1.165, 1.54) is 29.2 Å². The van der Waals surface area contributed by atoms with Gasteiger partial charge in [0.15, 0.2) is 11.5 Å². The highest BCUT2D eigenvalue weighted by Crippen LogP contribution is 2.31. The number of carbonyl (C=O) groups excluding carboxylic acids is 2. The Kier molecular flexibility index (Phi) is 7.27. The van der Waals surface area contributed by atoms with Crippen molar-refractivity contribution in [3.63, 3.8) is 0 Å². The molecule has 4 rings (SSSR count). The maximum absolute atomic E-state index is 13.2. The second-order valence-electron chi connectivity index (χ2n) is 7.86. The Morgan fingerprint density at radius 1 is 1.03 bits per heavy atom. The summed E-state index contributed by atoms with van der Waals surface area (Å²) in [6.07, 6.45) is 0.0847. The lowest BCUT2D eigenvalue weighted by atomic mass is 10.1. The van der Waals surface area contributed by atoms with E-state index in [9.17, 15) is 14.0 Å². The third-order valence-electron chi connectivity index (χ3n) is 5.44. The smallest absolute Gasteiger partial charge is 0.243 e. The van der Waals surface area contributed by atoms with Crippen LogP contribution in [0.15, 0.2) is 72.8 Å². The lowest BCUT2D eigenvalue weighted by Crippen LogP contribution is -2.36. The molecule has 7 nitrogen and oxygen atoms in total. The van der Waals surface area contributed by atoms with E-state index in [-0.39, 0.29) is 30.6 Å². The molecule has 176 valence electrons. The number of carbonyl (C=O) groups is 2. The number of hydrazine groups is 1. The predicted molar refractivity (Wildman–Crippen MR) is 127 cm³/mol. The molecular formula is C26H26FN3O4. The molecule has 1 aliphatic rings. The number of nitrogens with zero attached hydrogens (tertiary/aromatic N) is 1. The van der Waals surface area contributed by atoms with Crippen molar-refractivity contribution < 1.29 is 23.5 Å². The molecule has 34 heavy (non-hydrogen) atoms. The zero-order valence-corrected chi connectivity index (χ0v) is 18.8. The highest BCUT2D eigenvalue weighted by Gasteiger charge is 2.35. The first kappa shape index (κ1) is 23.1. The predicted octanol–water partition coefficient (Wildman–Crippen LogP) is 4.30. The van der Waals surface area contributed by atoms with Gasteiger partial charge < -0.3 is 14.4 Å². The van der Waals surface area contributed by atoms with Crippen molar-refractivity contribution in [3.05, 3.63) is 84.2 Å². The number of hydrogen-bond donors (Lipinski definition) is 2. The highest BCUT2D eigenvalue weighted by molar-refractivity contribution is 6.00. The van der Waals surface area contributed by atoms with Crippen molar-refractivity contribution in [1.29, 1.82) is 0 Å². The number of amides is 2. The van der Waals surface area contributed by atoms with Crippen LogP contribution in [0.2, 0.25) is 0 Å². The zero-order chi connectivity index (χ0) is 23.9. The van der Waals surface area contributed by atoms with E-state index in [0.29, 0.717) is 36.1 Å². The third kappa shape index (κ3) is 5.64. The van der Waals surface area contributed by atoms with E-state index in [2.05, 4.69) is 10.9 Å². The molecule has 2 N–H and O–H groups in total. The molecule has 0 saturated carbocycles. The molecule has 1 atom stereocenters. The Morgan fingerprint density at radius 2 is 1.79 bits per heavy atom. The highest BCUT2D eigenvalue weighted by atomic mass is 19.1. The van der Waals surface area contributed by atoms with Crippen LogP contribution < -0.4 is 25.2 Å². The lowest BCUT2D eigenvalue weighted by molar-refractivity contribution is -0.125. The minimum absolute atomic E-state index is 0.0847. The zero-order valence-electron chi connectivity index (χ0n) is 18.8. The van der Waals surface area contributed by atoms with Crippen LogP contribution in [0.1, 0.15) is 18.9 Å². The molecule has 0 aromatic heterocycles. The van der Waals surface area contributed by atoms with Crippen molar-refractivity contribution in [2.24, 2.45) is 5.92 Å². The van der Waals surface area contributed by atoms with Crippen LogP contribution in [0.3, 0.4) is 0 Å². The first-order valence-electron chi connectivity index (χ1n) is 11.1. The molecule has 0 bridgehead atoms. The number of ether oxygens (including phenoxy) is 2. The number of rotatable bonds is 9. The van der Waals surface area contributed by atoms with Gasteiger partial charge in [-0.05, 0) is 48.9 Å². The molecule has 1 fully saturated rings. The summed E-state index contributed by atoms with van der Waals surface area (Å²) in [5.41, 5.74) is 7.78. The van der Waals surface area contributed by atoms with Crippen LogP contribution in [-0.2, 0) is 16.2 Å². The molecule has 0 radical (unpaired) electrons. The van der Waals surface area contributed by atoms with Gasteiger partial charge in [-0.3, -0.25) is 20.4 Å². The molecule has 0 unspecified atom stereocenters. The second-order valence-corrected chi connectivity index (χ2v) is 7.86. The SMILES string of the molecule is CCOc1cc(NNC(=O)[C@@H]2CC(=O)N(c3ccc(F)cc3)C2)ccc1OCc1ccccc1. The van der Waals surface area contributed by atoms with Crippen molar-refractivity contribution in [2.75, 3.05) is 23.5 Å². The average molecular weight is 464 g/mol. The van der Waals surface area contributed by atoms with E-state index >= 15 is 0 Å². The van der Waals surface area contributed by atoms with Crippen LogP contribution in [-0.4, -0.2) is 25.0 Å². The average Bonchev–Trinajstić information content (AvgIpc) is 3.25.